The lowest BCUT2D eigenvalue weighted by Crippen LogP contribution is -2.32. The Hall–Kier alpha value is -1.34. The first-order valence-electron chi connectivity index (χ1n) is 7.78. The molecule has 0 amide bonds. The molecule has 2 aromatic rings. The van der Waals surface area contributed by atoms with Crippen LogP contribution in [0.25, 0.3) is 10.8 Å². The van der Waals surface area contributed by atoms with Crippen LogP contribution in [0.15, 0.2) is 42.5 Å². The SMILES string of the molecule is CNC(c1cccc2ccccc12)C1CCCC1(C)C. The van der Waals surface area contributed by atoms with E-state index in [-0.39, 0.29) is 0 Å². The molecule has 3 rings (SSSR count). The van der Waals surface area contributed by atoms with Gasteiger partial charge in [0.2, 0.25) is 0 Å². The Bertz CT molecular complexity index is 594. The number of benzene rings is 2. The summed E-state index contributed by atoms with van der Waals surface area (Å²) >= 11 is 0. The fourth-order valence-electron chi connectivity index (χ4n) is 4.07. The molecule has 20 heavy (non-hydrogen) atoms. The van der Waals surface area contributed by atoms with Gasteiger partial charge in [-0.05, 0) is 47.6 Å². The summed E-state index contributed by atoms with van der Waals surface area (Å²) in [6.07, 6.45) is 4.04. The van der Waals surface area contributed by atoms with Crippen molar-refractivity contribution in [2.45, 2.75) is 39.2 Å². The van der Waals surface area contributed by atoms with E-state index < -0.39 is 0 Å². The van der Waals surface area contributed by atoms with E-state index in [1.165, 1.54) is 35.6 Å². The molecule has 0 heterocycles. The van der Waals surface area contributed by atoms with Crippen molar-refractivity contribution in [3.05, 3.63) is 48.0 Å². The lowest BCUT2D eigenvalue weighted by Gasteiger charge is -2.35. The molecule has 1 aliphatic carbocycles. The number of fused-ring (bicyclic) bond motifs is 1. The molecule has 1 nitrogen and oxygen atoms in total. The van der Waals surface area contributed by atoms with Gasteiger partial charge in [-0.2, -0.15) is 0 Å². The van der Waals surface area contributed by atoms with Crippen LogP contribution >= 0.6 is 0 Å². The van der Waals surface area contributed by atoms with Crippen LogP contribution in [0.5, 0.6) is 0 Å². The molecule has 0 radical (unpaired) electrons. The smallest absolute Gasteiger partial charge is 0.0357 e. The van der Waals surface area contributed by atoms with Gasteiger partial charge in [0.1, 0.15) is 0 Å². The second kappa shape index (κ2) is 5.21. The third-order valence-corrected chi connectivity index (χ3v) is 5.21. The van der Waals surface area contributed by atoms with E-state index in [9.17, 15) is 0 Å². The molecule has 1 fully saturated rings. The van der Waals surface area contributed by atoms with E-state index >= 15 is 0 Å². The van der Waals surface area contributed by atoms with Crippen molar-refractivity contribution in [3.63, 3.8) is 0 Å². The van der Waals surface area contributed by atoms with Crippen molar-refractivity contribution in [3.8, 4) is 0 Å². The lowest BCUT2D eigenvalue weighted by atomic mass is 9.75. The van der Waals surface area contributed by atoms with E-state index in [1.807, 2.05) is 0 Å². The summed E-state index contributed by atoms with van der Waals surface area (Å²) in [5, 5.41) is 6.36. The van der Waals surface area contributed by atoms with Gasteiger partial charge in [0.25, 0.3) is 0 Å². The van der Waals surface area contributed by atoms with Gasteiger partial charge >= 0.3 is 0 Å². The zero-order chi connectivity index (χ0) is 14.2. The summed E-state index contributed by atoms with van der Waals surface area (Å²) < 4.78 is 0. The minimum Gasteiger partial charge on any atom is -0.313 e. The predicted molar refractivity (Wildman–Crippen MR) is 86.9 cm³/mol. The predicted octanol–water partition coefficient (Wildman–Crippen LogP) is 4.93. The number of nitrogens with one attached hydrogen (secondary N) is 1. The van der Waals surface area contributed by atoms with Gasteiger partial charge in [0, 0.05) is 6.04 Å². The third-order valence-electron chi connectivity index (χ3n) is 5.21. The van der Waals surface area contributed by atoms with Crippen molar-refractivity contribution in [2.24, 2.45) is 11.3 Å². The summed E-state index contributed by atoms with van der Waals surface area (Å²) in [5.74, 6) is 0.721. The first-order valence-corrected chi connectivity index (χ1v) is 7.78. The normalized spacial score (nSPS) is 23.1. The number of hydrogen-bond acceptors (Lipinski definition) is 1. The minimum atomic E-state index is 0.435. The summed E-state index contributed by atoms with van der Waals surface area (Å²) in [5.41, 5.74) is 1.90. The van der Waals surface area contributed by atoms with E-state index in [4.69, 9.17) is 0 Å². The topological polar surface area (TPSA) is 12.0 Å². The van der Waals surface area contributed by atoms with Crippen molar-refractivity contribution < 1.29 is 0 Å². The largest absolute Gasteiger partial charge is 0.313 e. The van der Waals surface area contributed by atoms with Crippen LogP contribution in [0.2, 0.25) is 0 Å². The first kappa shape index (κ1) is 13.6. The Morgan fingerprint density at radius 2 is 1.85 bits per heavy atom. The average Bonchev–Trinajstić information content (AvgIpc) is 2.80. The maximum absolute atomic E-state index is 3.61. The standard InChI is InChI=1S/C19H25N/c1-19(2)13-7-12-17(19)18(20-3)16-11-6-9-14-8-4-5-10-15(14)16/h4-6,8-11,17-18,20H,7,12-13H2,1-3H3. The zero-order valence-electron chi connectivity index (χ0n) is 12.8. The highest BCUT2D eigenvalue weighted by Gasteiger charge is 2.39. The Balaban J connectivity index is 2.08. The van der Waals surface area contributed by atoms with Gasteiger partial charge in [-0.1, -0.05) is 62.7 Å². The van der Waals surface area contributed by atoms with Gasteiger partial charge in [0.15, 0.2) is 0 Å². The molecule has 1 aliphatic rings. The Kier molecular flexibility index (Phi) is 3.55. The van der Waals surface area contributed by atoms with Crippen LogP contribution in [0, 0.1) is 11.3 Å². The summed E-state index contributed by atoms with van der Waals surface area (Å²) in [4.78, 5) is 0. The molecule has 2 aromatic carbocycles. The van der Waals surface area contributed by atoms with Crippen molar-refractivity contribution in [1.29, 1.82) is 0 Å². The van der Waals surface area contributed by atoms with Crippen LogP contribution in [-0.4, -0.2) is 7.05 Å². The molecule has 0 saturated heterocycles. The number of rotatable bonds is 3. The van der Waals surface area contributed by atoms with E-state index in [2.05, 4.69) is 68.7 Å². The van der Waals surface area contributed by atoms with Gasteiger partial charge in [-0.3, -0.25) is 0 Å². The Labute approximate surface area is 122 Å². The molecule has 106 valence electrons. The summed E-state index contributed by atoms with van der Waals surface area (Å²) in [7, 11) is 2.11. The molecule has 2 atom stereocenters. The Morgan fingerprint density at radius 3 is 2.55 bits per heavy atom. The molecule has 0 aromatic heterocycles. The van der Waals surface area contributed by atoms with Crippen molar-refractivity contribution in [2.75, 3.05) is 7.05 Å². The van der Waals surface area contributed by atoms with Gasteiger partial charge in [-0.15, -0.1) is 0 Å². The minimum absolute atomic E-state index is 0.435. The van der Waals surface area contributed by atoms with Gasteiger partial charge < -0.3 is 5.32 Å². The molecule has 0 spiro atoms. The molecule has 2 unspecified atom stereocenters. The monoisotopic (exact) mass is 267 g/mol. The lowest BCUT2D eigenvalue weighted by molar-refractivity contribution is 0.204. The molecular formula is C19H25N. The zero-order valence-corrected chi connectivity index (χ0v) is 12.8. The number of hydrogen-bond donors (Lipinski definition) is 1. The van der Waals surface area contributed by atoms with Crippen LogP contribution in [-0.2, 0) is 0 Å². The maximum Gasteiger partial charge on any atom is 0.0357 e. The van der Waals surface area contributed by atoms with Crippen LogP contribution in [0.4, 0.5) is 0 Å². The Morgan fingerprint density at radius 1 is 1.10 bits per heavy atom. The molecular weight excluding hydrogens is 242 g/mol. The first-order chi connectivity index (χ1) is 9.63. The summed E-state index contributed by atoms with van der Waals surface area (Å²) in [6.45, 7) is 4.86. The van der Waals surface area contributed by atoms with E-state index in [0.717, 1.165) is 5.92 Å². The van der Waals surface area contributed by atoms with Crippen LogP contribution in [0.3, 0.4) is 0 Å². The highest BCUT2D eigenvalue weighted by Crippen LogP contribution is 2.49. The second-order valence-corrected chi connectivity index (χ2v) is 6.82. The van der Waals surface area contributed by atoms with E-state index in [0.29, 0.717) is 11.5 Å². The quantitative estimate of drug-likeness (QED) is 0.831. The fourth-order valence-corrected chi connectivity index (χ4v) is 4.07. The van der Waals surface area contributed by atoms with Crippen LogP contribution < -0.4 is 5.32 Å². The molecule has 0 bridgehead atoms. The van der Waals surface area contributed by atoms with Gasteiger partial charge in [-0.25, -0.2) is 0 Å². The molecule has 1 saturated carbocycles. The van der Waals surface area contributed by atoms with Gasteiger partial charge in [0.05, 0.1) is 0 Å². The molecule has 1 heteroatoms. The third kappa shape index (κ3) is 2.25. The second-order valence-electron chi connectivity index (χ2n) is 6.82. The molecule has 1 N–H and O–H groups in total. The fraction of sp³-hybridized carbons (Fsp3) is 0.474. The summed E-state index contributed by atoms with van der Waals surface area (Å²) in [6, 6.07) is 15.9. The highest BCUT2D eigenvalue weighted by molar-refractivity contribution is 5.86. The molecule has 0 aliphatic heterocycles. The highest BCUT2D eigenvalue weighted by atomic mass is 14.9. The average molecular weight is 267 g/mol. The van der Waals surface area contributed by atoms with Crippen molar-refractivity contribution >= 4 is 10.8 Å². The van der Waals surface area contributed by atoms with E-state index in [1.54, 1.807) is 0 Å². The van der Waals surface area contributed by atoms with Crippen molar-refractivity contribution in [1.82, 2.24) is 5.32 Å². The maximum atomic E-state index is 3.61. The van der Waals surface area contributed by atoms with Crippen LogP contribution in [0.1, 0.15) is 44.7 Å².